The van der Waals surface area contributed by atoms with Crippen LogP contribution < -0.4 is 4.74 Å². The maximum atomic E-state index is 11.2. The Morgan fingerprint density at radius 3 is 2.34 bits per heavy atom. The first-order valence-corrected chi connectivity index (χ1v) is 10.0. The Balaban J connectivity index is 1.66. The van der Waals surface area contributed by atoms with E-state index >= 15 is 0 Å². The van der Waals surface area contributed by atoms with Gasteiger partial charge in [0.1, 0.15) is 12.4 Å². The summed E-state index contributed by atoms with van der Waals surface area (Å²) in [6, 6.07) is 22.6. The van der Waals surface area contributed by atoms with E-state index in [1.165, 1.54) is 6.07 Å². The summed E-state index contributed by atoms with van der Waals surface area (Å²) in [5.74, 6) is -0.334. The van der Waals surface area contributed by atoms with Crippen molar-refractivity contribution in [3.8, 4) is 16.9 Å². The lowest BCUT2D eigenvalue weighted by Gasteiger charge is -2.09. The van der Waals surface area contributed by atoms with Gasteiger partial charge in [-0.3, -0.25) is 14.9 Å². The molecular formula is C22H19NO5S. The molecule has 6 nitrogen and oxygen atoms in total. The Bertz CT molecular complexity index is 990. The van der Waals surface area contributed by atoms with Gasteiger partial charge in [-0.25, -0.2) is 0 Å². The fourth-order valence-corrected chi connectivity index (χ4v) is 3.51. The van der Waals surface area contributed by atoms with E-state index in [1.54, 1.807) is 12.1 Å². The van der Waals surface area contributed by atoms with Crippen LogP contribution >= 0.6 is 11.8 Å². The van der Waals surface area contributed by atoms with Gasteiger partial charge in [0.25, 0.3) is 5.69 Å². The fraction of sp³-hybridized carbons (Fsp3) is 0.136. The van der Waals surface area contributed by atoms with Crippen LogP contribution in [0.4, 0.5) is 5.69 Å². The van der Waals surface area contributed by atoms with Crippen LogP contribution in [0.25, 0.3) is 11.1 Å². The lowest BCUT2D eigenvalue weighted by molar-refractivity contribution is -0.385. The fourth-order valence-electron chi connectivity index (χ4n) is 2.78. The van der Waals surface area contributed by atoms with E-state index in [0.29, 0.717) is 17.9 Å². The van der Waals surface area contributed by atoms with Crippen molar-refractivity contribution in [3.63, 3.8) is 0 Å². The Morgan fingerprint density at radius 2 is 1.69 bits per heavy atom. The molecule has 0 amide bonds. The van der Waals surface area contributed by atoms with Gasteiger partial charge in [0.2, 0.25) is 0 Å². The van der Waals surface area contributed by atoms with Gasteiger partial charge in [-0.2, -0.15) is 0 Å². The van der Waals surface area contributed by atoms with Crippen LogP contribution in [0, 0.1) is 10.1 Å². The molecule has 0 bridgehead atoms. The predicted molar refractivity (Wildman–Crippen MR) is 113 cm³/mol. The van der Waals surface area contributed by atoms with E-state index in [0.717, 1.165) is 28.5 Å². The molecule has 3 aromatic carbocycles. The van der Waals surface area contributed by atoms with Crippen molar-refractivity contribution in [2.24, 2.45) is 0 Å². The maximum absolute atomic E-state index is 11.2. The number of hydrogen-bond acceptors (Lipinski definition) is 5. The standard InChI is InChI=1S/C22H19NO5S/c24-22(25)15-29-14-19-12-20(10-11-21(19)23(26)27)28-13-16-6-8-18(9-7-16)17-4-2-1-3-5-17/h1-12H,13-15H2,(H,24,25). The molecule has 0 spiro atoms. The quantitative estimate of drug-likeness (QED) is 0.388. The average molecular weight is 409 g/mol. The Hall–Kier alpha value is -3.32. The topological polar surface area (TPSA) is 89.7 Å². The number of rotatable bonds is 9. The van der Waals surface area contributed by atoms with E-state index in [2.05, 4.69) is 0 Å². The number of benzene rings is 3. The van der Waals surface area contributed by atoms with Crippen LogP contribution in [0.5, 0.6) is 5.75 Å². The molecule has 1 N–H and O–H groups in total. The largest absolute Gasteiger partial charge is 0.489 e. The van der Waals surface area contributed by atoms with Crippen LogP contribution in [-0.2, 0) is 17.2 Å². The van der Waals surface area contributed by atoms with Gasteiger partial charge in [-0.15, -0.1) is 11.8 Å². The van der Waals surface area contributed by atoms with Crippen molar-refractivity contribution in [1.82, 2.24) is 0 Å². The normalized spacial score (nSPS) is 10.5. The lowest BCUT2D eigenvalue weighted by atomic mass is 10.0. The zero-order valence-electron chi connectivity index (χ0n) is 15.5. The maximum Gasteiger partial charge on any atom is 0.313 e. The Kier molecular flexibility index (Phi) is 6.86. The molecule has 0 heterocycles. The van der Waals surface area contributed by atoms with Crippen molar-refractivity contribution < 1.29 is 19.6 Å². The van der Waals surface area contributed by atoms with Crippen LogP contribution in [0.15, 0.2) is 72.8 Å². The number of nitro groups is 1. The number of carboxylic acids is 1. The van der Waals surface area contributed by atoms with Crippen LogP contribution in [0.3, 0.4) is 0 Å². The Labute approximate surface area is 172 Å². The zero-order chi connectivity index (χ0) is 20.6. The molecule has 7 heteroatoms. The minimum Gasteiger partial charge on any atom is -0.489 e. The third-order valence-corrected chi connectivity index (χ3v) is 5.16. The molecule has 0 aliphatic heterocycles. The molecule has 0 aliphatic rings. The summed E-state index contributed by atoms with van der Waals surface area (Å²) in [5, 5.41) is 19.9. The number of aliphatic carboxylic acids is 1. The number of nitro benzene ring substituents is 1. The molecule has 148 valence electrons. The van der Waals surface area contributed by atoms with Crippen LogP contribution in [0.2, 0.25) is 0 Å². The highest BCUT2D eigenvalue weighted by molar-refractivity contribution is 7.99. The van der Waals surface area contributed by atoms with Gasteiger partial charge in [0.15, 0.2) is 0 Å². The zero-order valence-corrected chi connectivity index (χ0v) is 16.3. The van der Waals surface area contributed by atoms with Crippen molar-refractivity contribution in [3.05, 3.63) is 94.0 Å². The second kappa shape index (κ2) is 9.75. The molecule has 0 aromatic heterocycles. The molecule has 0 saturated carbocycles. The van der Waals surface area contributed by atoms with Gasteiger partial charge < -0.3 is 9.84 Å². The smallest absolute Gasteiger partial charge is 0.313 e. The van der Waals surface area contributed by atoms with Crippen molar-refractivity contribution in [2.45, 2.75) is 12.4 Å². The summed E-state index contributed by atoms with van der Waals surface area (Å²) < 4.78 is 5.79. The predicted octanol–water partition coefficient (Wildman–Crippen LogP) is 5.16. The van der Waals surface area contributed by atoms with Crippen molar-refractivity contribution in [2.75, 3.05) is 5.75 Å². The first kappa shape index (κ1) is 20.4. The second-order valence-corrected chi connectivity index (χ2v) is 7.27. The van der Waals surface area contributed by atoms with E-state index in [4.69, 9.17) is 9.84 Å². The molecule has 29 heavy (non-hydrogen) atoms. The minimum atomic E-state index is -0.955. The van der Waals surface area contributed by atoms with Gasteiger partial charge >= 0.3 is 5.97 Å². The van der Waals surface area contributed by atoms with E-state index in [-0.39, 0.29) is 17.2 Å². The molecule has 0 fully saturated rings. The van der Waals surface area contributed by atoms with Crippen molar-refractivity contribution >= 4 is 23.4 Å². The van der Waals surface area contributed by atoms with E-state index < -0.39 is 10.9 Å². The van der Waals surface area contributed by atoms with Gasteiger partial charge in [0, 0.05) is 17.4 Å². The van der Waals surface area contributed by atoms with Crippen molar-refractivity contribution in [1.29, 1.82) is 0 Å². The number of carboxylic acid groups (broad SMARTS) is 1. The molecule has 0 saturated heterocycles. The van der Waals surface area contributed by atoms with Gasteiger partial charge in [-0.05, 0) is 28.8 Å². The minimum absolute atomic E-state index is 0.0394. The van der Waals surface area contributed by atoms with E-state index in [1.807, 2.05) is 54.6 Å². The lowest BCUT2D eigenvalue weighted by Crippen LogP contribution is -2.01. The molecule has 0 aliphatic carbocycles. The first-order chi connectivity index (χ1) is 14.0. The van der Waals surface area contributed by atoms with Crippen LogP contribution in [-0.4, -0.2) is 21.8 Å². The third-order valence-electron chi connectivity index (χ3n) is 4.20. The first-order valence-electron chi connectivity index (χ1n) is 8.87. The summed E-state index contributed by atoms with van der Waals surface area (Å²) in [6.07, 6.45) is 0. The molecule has 3 rings (SSSR count). The number of carbonyl (C=O) groups is 1. The summed E-state index contributed by atoms with van der Waals surface area (Å²) >= 11 is 1.11. The number of thioether (sulfide) groups is 1. The summed E-state index contributed by atoms with van der Waals surface area (Å²) in [4.78, 5) is 21.4. The molecule has 3 aromatic rings. The number of ether oxygens (including phenoxy) is 1. The highest BCUT2D eigenvalue weighted by Crippen LogP contribution is 2.28. The summed E-state index contributed by atoms with van der Waals surface area (Å²) in [5.41, 5.74) is 3.63. The average Bonchev–Trinajstić information content (AvgIpc) is 2.73. The molecule has 0 unspecified atom stereocenters. The van der Waals surface area contributed by atoms with Crippen LogP contribution in [0.1, 0.15) is 11.1 Å². The Morgan fingerprint density at radius 1 is 1.00 bits per heavy atom. The monoisotopic (exact) mass is 409 g/mol. The number of hydrogen-bond donors (Lipinski definition) is 1. The number of nitrogens with zero attached hydrogens (tertiary/aromatic N) is 1. The second-order valence-electron chi connectivity index (χ2n) is 6.29. The molecule has 0 atom stereocenters. The molecule has 0 radical (unpaired) electrons. The summed E-state index contributed by atoms with van der Waals surface area (Å²) in [6.45, 7) is 0.328. The SMILES string of the molecule is O=C(O)CSCc1cc(OCc2ccc(-c3ccccc3)cc2)ccc1[N+](=O)[O-]. The van der Waals surface area contributed by atoms with E-state index in [9.17, 15) is 14.9 Å². The van der Waals surface area contributed by atoms with Gasteiger partial charge in [-0.1, -0.05) is 54.6 Å². The highest BCUT2D eigenvalue weighted by Gasteiger charge is 2.15. The molecular weight excluding hydrogens is 390 g/mol. The third kappa shape index (κ3) is 5.83. The van der Waals surface area contributed by atoms with Gasteiger partial charge in [0.05, 0.1) is 10.7 Å². The summed E-state index contributed by atoms with van der Waals surface area (Å²) in [7, 11) is 0. The highest BCUT2D eigenvalue weighted by atomic mass is 32.2.